The van der Waals surface area contributed by atoms with Gasteiger partial charge in [-0.15, -0.1) is 0 Å². The molecule has 5 nitrogen and oxygen atoms in total. The van der Waals surface area contributed by atoms with Gasteiger partial charge in [-0.2, -0.15) is 0 Å². The second-order valence-electron chi connectivity index (χ2n) is 6.57. The van der Waals surface area contributed by atoms with Crippen molar-refractivity contribution in [1.82, 2.24) is 4.57 Å². The van der Waals surface area contributed by atoms with E-state index in [0.717, 1.165) is 23.5 Å². The molecule has 1 aliphatic rings. The number of ether oxygens (including phenoxy) is 1. The third-order valence-electron chi connectivity index (χ3n) is 4.68. The topological polar surface area (TPSA) is 68.5 Å². The molecule has 1 atom stereocenters. The number of rotatable bonds is 7. The minimum Gasteiger partial charge on any atom is -0.495 e. The first kappa shape index (κ1) is 19.4. The third-order valence-corrected chi connectivity index (χ3v) is 4.91. The lowest BCUT2D eigenvalue weighted by Gasteiger charge is -2.19. The number of aliphatic carboxylic acids is 1. The Morgan fingerprint density at radius 2 is 2.04 bits per heavy atom. The molecule has 0 radical (unpaired) electrons. The van der Waals surface area contributed by atoms with Crippen LogP contribution in [0.15, 0.2) is 35.3 Å². The van der Waals surface area contributed by atoms with E-state index in [4.69, 9.17) is 16.3 Å². The number of halogens is 3. The number of pyridine rings is 1. The molecule has 3 rings (SSSR count). The maximum Gasteiger partial charge on any atom is 0.326 e. The molecule has 2 aromatic rings. The van der Waals surface area contributed by atoms with Crippen LogP contribution in [0, 0.1) is 5.92 Å². The summed E-state index contributed by atoms with van der Waals surface area (Å²) in [4.78, 5) is 24.3. The maximum atomic E-state index is 13.4. The molecule has 1 aromatic heterocycles. The minimum absolute atomic E-state index is 0.0765. The van der Waals surface area contributed by atoms with E-state index in [0.29, 0.717) is 6.42 Å². The number of carbonyl (C=O) groups is 1. The van der Waals surface area contributed by atoms with Crippen molar-refractivity contribution in [3.63, 3.8) is 0 Å². The quantitative estimate of drug-likeness (QED) is 0.744. The normalized spacial score (nSPS) is 15.0. The highest BCUT2D eigenvalue weighted by molar-refractivity contribution is 6.30. The zero-order chi connectivity index (χ0) is 19.7. The molecule has 1 aromatic carbocycles. The SMILES string of the molecule is COc1cn(C(CC2CC2)C(=O)O)c(=O)cc1-c1cc(Cl)ccc1C(F)F. The van der Waals surface area contributed by atoms with Crippen LogP contribution >= 0.6 is 11.6 Å². The first-order chi connectivity index (χ1) is 12.8. The van der Waals surface area contributed by atoms with Crippen LogP contribution in [-0.2, 0) is 4.79 Å². The van der Waals surface area contributed by atoms with E-state index in [-0.39, 0.29) is 33.4 Å². The Labute approximate surface area is 159 Å². The molecule has 1 aliphatic carbocycles. The summed E-state index contributed by atoms with van der Waals surface area (Å²) in [7, 11) is 1.33. The molecular formula is C19H18ClF2NO4. The molecule has 8 heteroatoms. The van der Waals surface area contributed by atoms with E-state index in [1.165, 1.54) is 31.5 Å². The Bertz CT molecular complexity index is 924. The second kappa shape index (κ2) is 7.68. The number of hydrogen-bond acceptors (Lipinski definition) is 3. The summed E-state index contributed by atoms with van der Waals surface area (Å²) in [6.45, 7) is 0. The van der Waals surface area contributed by atoms with Crippen LogP contribution in [0.25, 0.3) is 11.1 Å². The average Bonchev–Trinajstić information content (AvgIpc) is 3.43. The summed E-state index contributed by atoms with van der Waals surface area (Å²) in [6.07, 6.45) is 0.722. The molecule has 1 unspecified atom stereocenters. The van der Waals surface area contributed by atoms with E-state index in [1.54, 1.807) is 0 Å². The summed E-state index contributed by atoms with van der Waals surface area (Å²) in [5.41, 5.74) is -0.665. The first-order valence-electron chi connectivity index (χ1n) is 8.42. The number of hydrogen-bond donors (Lipinski definition) is 1. The first-order valence-corrected chi connectivity index (χ1v) is 8.80. The van der Waals surface area contributed by atoms with Gasteiger partial charge in [0, 0.05) is 22.2 Å². The Morgan fingerprint density at radius 3 is 2.59 bits per heavy atom. The number of benzene rings is 1. The lowest BCUT2D eigenvalue weighted by atomic mass is 9.99. The smallest absolute Gasteiger partial charge is 0.326 e. The highest BCUT2D eigenvalue weighted by Gasteiger charge is 2.31. The Hall–Kier alpha value is -2.41. The number of aromatic nitrogens is 1. The van der Waals surface area contributed by atoms with Crippen molar-refractivity contribution in [3.8, 4) is 16.9 Å². The van der Waals surface area contributed by atoms with Crippen molar-refractivity contribution >= 4 is 17.6 Å². The molecule has 1 heterocycles. The van der Waals surface area contributed by atoms with Gasteiger partial charge in [0.05, 0.1) is 13.3 Å². The molecule has 0 spiro atoms. The summed E-state index contributed by atoms with van der Waals surface area (Å²) in [6, 6.07) is 3.97. The predicted octanol–water partition coefficient (Wildman–Crippen LogP) is 4.54. The molecule has 144 valence electrons. The maximum absolute atomic E-state index is 13.4. The Morgan fingerprint density at radius 1 is 1.33 bits per heavy atom. The minimum atomic E-state index is -2.77. The molecule has 0 bridgehead atoms. The summed E-state index contributed by atoms with van der Waals surface area (Å²) < 4.78 is 33.2. The van der Waals surface area contributed by atoms with E-state index < -0.39 is 24.0 Å². The molecule has 27 heavy (non-hydrogen) atoms. The van der Waals surface area contributed by atoms with E-state index >= 15 is 0 Å². The van der Waals surface area contributed by atoms with Gasteiger partial charge in [0.15, 0.2) is 0 Å². The fourth-order valence-electron chi connectivity index (χ4n) is 3.10. The van der Waals surface area contributed by atoms with Crippen LogP contribution in [0.4, 0.5) is 8.78 Å². The highest BCUT2D eigenvalue weighted by atomic mass is 35.5. The van der Waals surface area contributed by atoms with E-state index in [2.05, 4.69) is 0 Å². The fraction of sp³-hybridized carbons (Fsp3) is 0.368. The van der Waals surface area contributed by atoms with Gasteiger partial charge in [0.1, 0.15) is 11.8 Å². The van der Waals surface area contributed by atoms with Gasteiger partial charge in [-0.3, -0.25) is 9.36 Å². The fourth-order valence-corrected chi connectivity index (χ4v) is 3.27. The lowest BCUT2D eigenvalue weighted by molar-refractivity contribution is -0.141. The van der Waals surface area contributed by atoms with Crippen LogP contribution in [0.2, 0.25) is 5.02 Å². The molecule has 1 N–H and O–H groups in total. The predicted molar refractivity (Wildman–Crippen MR) is 96.7 cm³/mol. The lowest BCUT2D eigenvalue weighted by Crippen LogP contribution is -2.30. The number of alkyl halides is 2. The standard InChI is InChI=1S/C19H18ClF2NO4/c1-27-16-9-23(15(19(25)26)6-10-2-3-10)17(24)8-14(16)13-7-11(20)4-5-12(13)18(21)22/h4-5,7-10,15,18H,2-3,6H2,1H3,(H,25,26). The van der Waals surface area contributed by atoms with Crippen LogP contribution in [0.3, 0.4) is 0 Å². The number of carboxylic acid groups (broad SMARTS) is 1. The largest absolute Gasteiger partial charge is 0.495 e. The zero-order valence-corrected chi connectivity index (χ0v) is 15.2. The van der Waals surface area contributed by atoms with Gasteiger partial charge < -0.3 is 9.84 Å². The molecule has 1 fully saturated rings. The number of carboxylic acids is 1. The van der Waals surface area contributed by atoms with Gasteiger partial charge in [-0.25, -0.2) is 13.6 Å². The van der Waals surface area contributed by atoms with Crippen LogP contribution in [0.5, 0.6) is 5.75 Å². The number of nitrogens with zero attached hydrogens (tertiary/aromatic N) is 1. The second-order valence-corrected chi connectivity index (χ2v) is 7.00. The zero-order valence-electron chi connectivity index (χ0n) is 14.5. The molecule has 0 aliphatic heterocycles. The van der Waals surface area contributed by atoms with Crippen LogP contribution < -0.4 is 10.3 Å². The summed E-state index contributed by atoms with van der Waals surface area (Å²) >= 11 is 5.95. The van der Waals surface area contributed by atoms with Gasteiger partial charge in [-0.1, -0.05) is 30.5 Å². The number of methoxy groups -OCH3 is 1. The van der Waals surface area contributed by atoms with E-state index in [1.807, 2.05) is 0 Å². The van der Waals surface area contributed by atoms with Crippen molar-refractivity contribution in [1.29, 1.82) is 0 Å². The molecular weight excluding hydrogens is 380 g/mol. The van der Waals surface area contributed by atoms with E-state index in [9.17, 15) is 23.5 Å². The van der Waals surface area contributed by atoms with Crippen molar-refractivity contribution in [2.24, 2.45) is 5.92 Å². The van der Waals surface area contributed by atoms with Crippen molar-refractivity contribution in [2.45, 2.75) is 31.7 Å². The van der Waals surface area contributed by atoms with Gasteiger partial charge in [0.25, 0.3) is 12.0 Å². The van der Waals surface area contributed by atoms with Gasteiger partial charge in [-0.05, 0) is 30.0 Å². The van der Waals surface area contributed by atoms with Crippen molar-refractivity contribution < 1.29 is 23.4 Å². The van der Waals surface area contributed by atoms with Crippen LogP contribution in [-0.4, -0.2) is 22.8 Å². The van der Waals surface area contributed by atoms with Crippen LogP contribution in [0.1, 0.15) is 37.3 Å². The third kappa shape index (κ3) is 4.13. The molecule has 0 amide bonds. The molecule has 1 saturated carbocycles. The summed E-state index contributed by atoms with van der Waals surface area (Å²) in [5.74, 6) is -0.710. The van der Waals surface area contributed by atoms with Gasteiger partial charge in [0.2, 0.25) is 0 Å². The Balaban J connectivity index is 2.14. The monoisotopic (exact) mass is 397 g/mol. The summed E-state index contributed by atoms with van der Waals surface area (Å²) in [5, 5.41) is 9.75. The Kier molecular flexibility index (Phi) is 5.51. The molecule has 0 saturated heterocycles. The average molecular weight is 398 g/mol. The van der Waals surface area contributed by atoms with Crippen molar-refractivity contribution in [3.05, 3.63) is 51.4 Å². The van der Waals surface area contributed by atoms with Gasteiger partial charge >= 0.3 is 5.97 Å². The highest BCUT2D eigenvalue weighted by Crippen LogP contribution is 2.39. The van der Waals surface area contributed by atoms with Crippen molar-refractivity contribution in [2.75, 3.05) is 7.11 Å².